The molecule has 2 atom stereocenters. The molecule has 0 aromatic heterocycles. The van der Waals surface area contributed by atoms with E-state index in [2.05, 4.69) is 224 Å². The van der Waals surface area contributed by atoms with Gasteiger partial charge in [-0.05, 0) is 95.5 Å². The van der Waals surface area contributed by atoms with E-state index in [1.165, 1.54) is 45.0 Å². The van der Waals surface area contributed by atoms with Crippen molar-refractivity contribution in [3.8, 4) is 5.75 Å². The topological polar surface area (TPSA) is 52.1 Å². The van der Waals surface area contributed by atoms with E-state index in [9.17, 15) is 0 Å². The van der Waals surface area contributed by atoms with Crippen molar-refractivity contribution < 1.29 is 4.74 Å². The summed E-state index contributed by atoms with van der Waals surface area (Å²) in [6, 6.07) is 69.6. The second-order valence-electron chi connectivity index (χ2n) is 18.1. The van der Waals surface area contributed by atoms with E-state index < -0.39 is 0 Å². The van der Waals surface area contributed by atoms with E-state index in [0.29, 0.717) is 0 Å². The molecule has 0 saturated carbocycles. The van der Waals surface area contributed by atoms with Gasteiger partial charge in [0.1, 0.15) is 11.9 Å². The van der Waals surface area contributed by atoms with E-state index >= 15 is 0 Å². The minimum atomic E-state index is -0.319. The number of hydrogen-bond donors (Lipinski definition) is 2. The van der Waals surface area contributed by atoms with Gasteiger partial charge in [0.25, 0.3) is 0 Å². The fourth-order valence-corrected chi connectivity index (χ4v) is 10.2. The number of ether oxygens (including phenoxy) is 1. The molecule has 0 aliphatic carbocycles. The summed E-state index contributed by atoms with van der Waals surface area (Å²) in [5.41, 5.74) is 18.1. The molecule has 64 heavy (non-hydrogen) atoms. The normalized spacial score (nSPS) is 16.9. The summed E-state index contributed by atoms with van der Waals surface area (Å²) in [5.74, 6) is 0.863. The molecule has 0 amide bonds. The van der Waals surface area contributed by atoms with Crippen molar-refractivity contribution in [1.29, 1.82) is 0 Å². The lowest BCUT2D eigenvalue weighted by Gasteiger charge is -2.42. The highest BCUT2D eigenvalue weighted by Crippen LogP contribution is 2.53. The van der Waals surface area contributed by atoms with Crippen molar-refractivity contribution in [3.63, 3.8) is 0 Å². The number of para-hydroxylation sites is 6. The molecule has 0 fully saturated rings. The van der Waals surface area contributed by atoms with Crippen LogP contribution in [0.4, 0.5) is 39.8 Å². The summed E-state index contributed by atoms with van der Waals surface area (Å²) in [4.78, 5) is 10.4. The molecular weight excluding hydrogens is 783 g/mol. The summed E-state index contributed by atoms with van der Waals surface area (Å²) in [6.07, 6.45) is -0.583. The molecule has 6 heteroatoms. The predicted molar refractivity (Wildman–Crippen MR) is 264 cm³/mol. The fourth-order valence-electron chi connectivity index (χ4n) is 10.2. The monoisotopic (exact) mass is 833 g/mol. The van der Waals surface area contributed by atoms with Gasteiger partial charge in [0.05, 0.1) is 34.1 Å². The third-order valence-electron chi connectivity index (χ3n) is 13.6. The zero-order valence-corrected chi connectivity index (χ0v) is 36.9. The van der Waals surface area contributed by atoms with Crippen molar-refractivity contribution in [2.45, 2.75) is 50.9 Å². The fraction of sp³-hybridized carbons (Fsp3) is 0.155. The number of nitrogens with one attached hydrogen (secondary N) is 2. The van der Waals surface area contributed by atoms with Crippen LogP contribution in [0.2, 0.25) is 0 Å². The second kappa shape index (κ2) is 15.4. The molecular formula is C58H51N5O. The number of fused-ring (bicyclic) bond motifs is 5. The lowest BCUT2D eigenvalue weighted by atomic mass is 9.73. The minimum Gasteiger partial charge on any atom is -0.464 e. The molecule has 314 valence electrons. The zero-order chi connectivity index (χ0) is 43.6. The van der Waals surface area contributed by atoms with Crippen LogP contribution < -0.4 is 25.2 Å². The number of benzene rings is 8. The Morgan fingerprint density at radius 2 is 0.922 bits per heavy atom. The molecule has 0 bridgehead atoms. The van der Waals surface area contributed by atoms with Crippen LogP contribution >= 0.6 is 0 Å². The van der Waals surface area contributed by atoms with Gasteiger partial charge in [-0.3, -0.25) is 10.3 Å². The van der Waals surface area contributed by atoms with Crippen LogP contribution in [0.15, 0.2) is 199 Å². The van der Waals surface area contributed by atoms with Crippen LogP contribution in [0.1, 0.15) is 84.6 Å². The molecule has 8 aromatic rings. The maximum Gasteiger partial charge on any atom is 0.196 e. The molecule has 3 aliphatic rings. The Kier molecular flexibility index (Phi) is 9.51. The quantitative estimate of drug-likeness (QED) is 0.149. The van der Waals surface area contributed by atoms with Gasteiger partial charge in [-0.25, -0.2) is 0 Å². The first-order chi connectivity index (χ1) is 31.2. The summed E-state index contributed by atoms with van der Waals surface area (Å²) in [7, 11) is 1.98. The first-order valence-electron chi connectivity index (χ1n) is 22.3. The molecule has 11 rings (SSSR count). The lowest BCUT2D eigenvalue weighted by Crippen LogP contribution is -2.30. The van der Waals surface area contributed by atoms with Crippen LogP contribution in [0.25, 0.3) is 0 Å². The Balaban J connectivity index is 0.970. The van der Waals surface area contributed by atoms with Crippen molar-refractivity contribution in [2.75, 3.05) is 22.2 Å². The Morgan fingerprint density at radius 3 is 1.38 bits per heavy atom. The Morgan fingerprint density at radius 1 is 0.516 bits per heavy atom. The summed E-state index contributed by atoms with van der Waals surface area (Å²) >= 11 is 0. The van der Waals surface area contributed by atoms with Crippen molar-refractivity contribution >= 4 is 45.5 Å². The highest BCUT2D eigenvalue weighted by Gasteiger charge is 2.38. The maximum atomic E-state index is 6.29. The highest BCUT2D eigenvalue weighted by atomic mass is 16.5. The summed E-state index contributed by atoms with van der Waals surface area (Å²) in [6.45, 7) is 9.30. The predicted octanol–water partition coefficient (Wildman–Crippen LogP) is 14.2. The van der Waals surface area contributed by atoms with Gasteiger partial charge in [-0.15, -0.1) is 0 Å². The zero-order valence-electron chi connectivity index (χ0n) is 36.9. The van der Waals surface area contributed by atoms with Gasteiger partial charge >= 0.3 is 0 Å². The number of rotatable bonds is 8. The van der Waals surface area contributed by atoms with E-state index in [0.717, 1.165) is 50.8 Å². The second-order valence-corrected chi connectivity index (χ2v) is 18.1. The molecule has 6 nitrogen and oxygen atoms in total. The standard InChI is InChI=1S/C58H51N5O/c1-57(2)44-16-6-11-21-49(44)62(50-22-12-7-17-45(50)57)42-34-30-39(31-35-42)54(38-26-28-41(29-27-38)56-60-48-20-10-15-25-53(48)64-56)61-55(59-5)40-32-36-43(37-33-40)63-51-23-13-8-18-46(51)58(3,4)47-19-9-14-24-52(47)63/h6-37,55-56,59-60H,1-5H3/b61-54+. The largest absolute Gasteiger partial charge is 0.464 e. The molecule has 3 aliphatic heterocycles. The average molecular weight is 834 g/mol. The van der Waals surface area contributed by atoms with Crippen molar-refractivity contribution in [2.24, 2.45) is 4.99 Å². The van der Waals surface area contributed by atoms with Gasteiger partial charge < -0.3 is 19.9 Å². The van der Waals surface area contributed by atoms with Gasteiger partial charge in [0.15, 0.2) is 6.23 Å². The molecule has 2 N–H and O–H groups in total. The Hall–Kier alpha value is -7.41. The first kappa shape index (κ1) is 39.4. The Labute approximate surface area is 376 Å². The van der Waals surface area contributed by atoms with Gasteiger partial charge in [0, 0.05) is 38.9 Å². The highest BCUT2D eigenvalue weighted by molar-refractivity contribution is 6.13. The van der Waals surface area contributed by atoms with E-state index in [1.807, 2.05) is 25.2 Å². The SMILES string of the molecule is CNC(/N=C(\c1ccc(C2Nc3ccccc3O2)cc1)c1ccc(N2c3ccccc3C(C)(C)c3ccccc32)cc1)c1ccc(N2c3ccccc3C(C)(C)c3ccccc32)cc1. The molecule has 0 radical (unpaired) electrons. The van der Waals surface area contributed by atoms with Gasteiger partial charge in [0.2, 0.25) is 0 Å². The third kappa shape index (κ3) is 6.48. The summed E-state index contributed by atoms with van der Waals surface area (Å²) < 4.78 is 6.29. The summed E-state index contributed by atoms with van der Waals surface area (Å²) in [5, 5.41) is 7.07. The maximum absolute atomic E-state index is 6.29. The van der Waals surface area contributed by atoms with Crippen LogP contribution in [0, 0.1) is 0 Å². The van der Waals surface area contributed by atoms with E-state index in [1.54, 1.807) is 0 Å². The lowest BCUT2D eigenvalue weighted by molar-refractivity contribution is 0.260. The van der Waals surface area contributed by atoms with Crippen LogP contribution in [0.3, 0.4) is 0 Å². The van der Waals surface area contributed by atoms with E-state index in [4.69, 9.17) is 9.73 Å². The van der Waals surface area contributed by atoms with Gasteiger partial charge in [-0.2, -0.15) is 0 Å². The number of anilines is 7. The number of nitrogens with zero attached hydrogens (tertiary/aromatic N) is 3. The molecule has 0 saturated heterocycles. The third-order valence-corrected chi connectivity index (χ3v) is 13.6. The molecule has 2 unspecified atom stereocenters. The van der Waals surface area contributed by atoms with Crippen molar-refractivity contribution in [3.05, 3.63) is 239 Å². The Bertz CT molecular complexity index is 2940. The number of hydrogen-bond acceptors (Lipinski definition) is 6. The number of aliphatic imine (C=N–C) groups is 1. The van der Waals surface area contributed by atoms with Crippen LogP contribution in [-0.2, 0) is 10.8 Å². The van der Waals surface area contributed by atoms with Crippen molar-refractivity contribution in [1.82, 2.24) is 5.32 Å². The minimum absolute atomic E-state index is 0.117. The van der Waals surface area contributed by atoms with Gasteiger partial charge in [-0.1, -0.05) is 161 Å². The molecule has 3 heterocycles. The van der Waals surface area contributed by atoms with Crippen LogP contribution in [0.5, 0.6) is 5.75 Å². The average Bonchev–Trinajstić information content (AvgIpc) is 3.78. The molecule has 8 aromatic carbocycles. The molecule has 0 spiro atoms. The van der Waals surface area contributed by atoms with Crippen LogP contribution in [-0.4, -0.2) is 12.8 Å². The van der Waals surface area contributed by atoms with E-state index in [-0.39, 0.29) is 23.2 Å². The first-order valence-corrected chi connectivity index (χ1v) is 22.3. The smallest absolute Gasteiger partial charge is 0.196 e.